The Morgan fingerprint density at radius 3 is 2.73 bits per heavy atom. The number of alkyl halides is 3. The van der Waals surface area contributed by atoms with E-state index in [1.165, 1.54) is 6.20 Å². The van der Waals surface area contributed by atoms with Crippen LogP contribution in [0.3, 0.4) is 0 Å². The van der Waals surface area contributed by atoms with Crippen molar-refractivity contribution in [2.75, 3.05) is 18.8 Å². The number of aromatic nitrogens is 4. The highest BCUT2D eigenvalue weighted by Crippen LogP contribution is 2.38. The summed E-state index contributed by atoms with van der Waals surface area (Å²) in [7, 11) is 0. The monoisotopic (exact) mass is 416 g/mol. The number of nitrogens with zero attached hydrogens (tertiary/aromatic N) is 5. The number of carbonyl (C=O) groups is 1. The molecular formula is C20H19F3N6O. The predicted octanol–water partition coefficient (Wildman–Crippen LogP) is 3.35. The van der Waals surface area contributed by atoms with Gasteiger partial charge in [-0.15, -0.1) is 0 Å². The zero-order chi connectivity index (χ0) is 21.5. The van der Waals surface area contributed by atoms with E-state index in [4.69, 9.17) is 5.73 Å². The molecule has 3 aromatic rings. The highest BCUT2D eigenvalue weighted by molar-refractivity contribution is 5.92. The van der Waals surface area contributed by atoms with Crippen LogP contribution < -0.4 is 5.73 Å². The van der Waals surface area contributed by atoms with Gasteiger partial charge < -0.3 is 10.6 Å². The Morgan fingerprint density at radius 2 is 2.03 bits per heavy atom. The summed E-state index contributed by atoms with van der Waals surface area (Å²) >= 11 is 0. The molecule has 0 unspecified atom stereocenters. The quantitative estimate of drug-likeness (QED) is 0.688. The molecule has 0 bridgehead atoms. The molecule has 30 heavy (non-hydrogen) atoms. The summed E-state index contributed by atoms with van der Waals surface area (Å²) in [5, 5.41) is -0.297. The zero-order valence-electron chi connectivity index (χ0n) is 16.1. The molecule has 0 aliphatic carbocycles. The second-order valence-corrected chi connectivity index (χ2v) is 7.25. The number of anilines is 1. The lowest BCUT2D eigenvalue weighted by atomic mass is 9.92. The molecule has 0 aromatic carbocycles. The SMILES string of the molecule is Cc1nc(N)c2c(C(F)(F)F)cc([C@H]3CCCN(C(=O)c4ccccn4)C3)nc2n1. The first-order chi connectivity index (χ1) is 14.2. The Kier molecular flexibility index (Phi) is 5.00. The fourth-order valence-corrected chi connectivity index (χ4v) is 3.78. The van der Waals surface area contributed by atoms with Crippen molar-refractivity contribution < 1.29 is 18.0 Å². The minimum Gasteiger partial charge on any atom is -0.383 e. The molecule has 1 aliphatic rings. The Hall–Kier alpha value is -3.30. The Bertz CT molecular complexity index is 1100. The minimum atomic E-state index is -4.64. The van der Waals surface area contributed by atoms with E-state index in [0.717, 1.165) is 6.07 Å². The fraction of sp³-hybridized carbons (Fsp3) is 0.350. The normalized spacial score (nSPS) is 17.3. The summed E-state index contributed by atoms with van der Waals surface area (Å²) in [6.07, 6.45) is -1.85. The van der Waals surface area contributed by atoms with E-state index >= 15 is 0 Å². The van der Waals surface area contributed by atoms with Crippen molar-refractivity contribution in [3.05, 3.63) is 53.2 Å². The summed E-state index contributed by atoms with van der Waals surface area (Å²) in [6.45, 7) is 2.32. The third kappa shape index (κ3) is 3.77. The summed E-state index contributed by atoms with van der Waals surface area (Å²) in [5.41, 5.74) is 5.31. The smallest absolute Gasteiger partial charge is 0.383 e. The number of pyridine rings is 2. The van der Waals surface area contributed by atoms with Crippen LogP contribution in [0, 0.1) is 6.92 Å². The van der Waals surface area contributed by atoms with Gasteiger partial charge in [-0.25, -0.2) is 15.0 Å². The molecule has 1 amide bonds. The van der Waals surface area contributed by atoms with Gasteiger partial charge in [0.15, 0.2) is 5.65 Å². The number of piperidine rings is 1. The standard InChI is InChI=1S/C20H19F3N6O/c1-11-26-17(24)16-13(20(21,22)23)9-15(28-18(16)27-11)12-5-4-8-29(10-12)19(30)14-6-2-3-7-25-14/h2-3,6-7,9,12H,4-5,8,10H2,1H3,(H2,24,26,27,28)/t12-/m0/s1. The molecular weight excluding hydrogens is 397 g/mol. The molecule has 3 aromatic heterocycles. The third-order valence-electron chi connectivity index (χ3n) is 5.14. The van der Waals surface area contributed by atoms with Crippen LogP contribution in [0.25, 0.3) is 11.0 Å². The lowest BCUT2D eigenvalue weighted by molar-refractivity contribution is -0.136. The van der Waals surface area contributed by atoms with Crippen LogP contribution in [0.4, 0.5) is 19.0 Å². The number of nitrogens with two attached hydrogens (primary N) is 1. The van der Waals surface area contributed by atoms with Gasteiger partial charge in [0.2, 0.25) is 0 Å². The molecule has 1 saturated heterocycles. The summed E-state index contributed by atoms with van der Waals surface area (Å²) in [5.74, 6) is -0.610. The first kappa shape index (κ1) is 20.0. The molecule has 0 saturated carbocycles. The molecule has 1 atom stereocenters. The molecule has 0 spiro atoms. The molecule has 1 fully saturated rings. The van der Waals surface area contributed by atoms with Gasteiger partial charge in [0.25, 0.3) is 5.91 Å². The molecule has 156 valence electrons. The van der Waals surface area contributed by atoms with Crippen molar-refractivity contribution in [3.8, 4) is 0 Å². The number of nitrogen functional groups attached to an aromatic ring is 1. The van der Waals surface area contributed by atoms with E-state index in [1.54, 1.807) is 30.0 Å². The first-order valence-electron chi connectivity index (χ1n) is 9.46. The van der Waals surface area contributed by atoms with Crippen LogP contribution in [-0.2, 0) is 6.18 Å². The second kappa shape index (κ2) is 7.51. The van der Waals surface area contributed by atoms with Gasteiger partial charge >= 0.3 is 6.18 Å². The second-order valence-electron chi connectivity index (χ2n) is 7.25. The van der Waals surface area contributed by atoms with E-state index in [1.807, 2.05) is 0 Å². The van der Waals surface area contributed by atoms with Crippen molar-refractivity contribution in [2.24, 2.45) is 0 Å². The maximum Gasteiger partial charge on any atom is 0.417 e. The number of halogens is 3. The molecule has 10 heteroatoms. The number of amides is 1. The molecule has 7 nitrogen and oxygen atoms in total. The molecule has 1 aliphatic heterocycles. The molecule has 0 radical (unpaired) electrons. The van der Waals surface area contributed by atoms with E-state index in [0.29, 0.717) is 25.1 Å². The van der Waals surface area contributed by atoms with Crippen LogP contribution in [0.15, 0.2) is 30.5 Å². The number of carbonyl (C=O) groups excluding carboxylic acids is 1. The first-order valence-corrected chi connectivity index (χ1v) is 9.46. The van der Waals surface area contributed by atoms with Gasteiger partial charge in [-0.2, -0.15) is 13.2 Å². The van der Waals surface area contributed by atoms with Crippen molar-refractivity contribution in [1.29, 1.82) is 0 Å². The molecule has 2 N–H and O–H groups in total. The van der Waals surface area contributed by atoms with Gasteiger partial charge in [-0.1, -0.05) is 6.07 Å². The number of hydrogen-bond donors (Lipinski definition) is 1. The summed E-state index contributed by atoms with van der Waals surface area (Å²) < 4.78 is 41.3. The largest absolute Gasteiger partial charge is 0.417 e. The predicted molar refractivity (Wildman–Crippen MR) is 104 cm³/mol. The number of hydrogen-bond acceptors (Lipinski definition) is 6. The minimum absolute atomic E-state index is 0.0852. The van der Waals surface area contributed by atoms with Gasteiger partial charge in [0.05, 0.1) is 10.9 Å². The number of rotatable bonds is 2. The van der Waals surface area contributed by atoms with Gasteiger partial charge in [0, 0.05) is 30.9 Å². The van der Waals surface area contributed by atoms with Gasteiger partial charge in [-0.05, 0) is 38.0 Å². The lowest BCUT2D eigenvalue weighted by Gasteiger charge is -2.32. The van der Waals surface area contributed by atoms with E-state index < -0.39 is 11.7 Å². The van der Waals surface area contributed by atoms with Crippen molar-refractivity contribution in [3.63, 3.8) is 0 Å². The fourth-order valence-electron chi connectivity index (χ4n) is 3.78. The Labute approximate surface area is 170 Å². The van der Waals surface area contributed by atoms with E-state index in [2.05, 4.69) is 19.9 Å². The molecule has 4 rings (SSSR count). The average Bonchev–Trinajstić information content (AvgIpc) is 2.72. The zero-order valence-corrected chi connectivity index (χ0v) is 16.1. The van der Waals surface area contributed by atoms with Crippen LogP contribution in [0.1, 0.15) is 46.3 Å². The van der Waals surface area contributed by atoms with Crippen molar-refractivity contribution in [1.82, 2.24) is 24.8 Å². The van der Waals surface area contributed by atoms with Crippen LogP contribution in [-0.4, -0.2) is 43.8 Å². The Balaban J connectivity index is 1.73. The summed E-state index contributed by atoms with van der Waals surface area (Å²) in [6, 6.07) is 6.05. The van der Waals surface area contributed by atoms with Crippen LogP contribution >= 0.6 is 0 Å². The maximum atomic E-state index is 13.8. The Morgan fingerprint density at radius 1 is 1.23 bits per heavy atom. The highest BCUT2D eigenvalue weighted by atomic mass is 19.4. The van der Waals surface area contributed by atoms with Crippen LogP contribution in [0.2, 0.25) is 0 Å². The lowest BCUT2D eigenvalue weighted by Crippen LogP contribution is -2.39. The van der Waals surface area contributed by atoms with Crippen molar-refractivity contribution >= 4 is 22.8 Å². The van der Waals surface area contributed by atoms with Crippen LogP contribution in [0.5, 0.6) is 0 Å². The number of aryl methyl sites for hydroxylation is 1. The summed E-state index contributed by atoms with van der Waals surface area (Å²) in [4.78, 5) is 30.7. The number of likely N-dealkylation sites (tertiary alicyclic amines) is 1. The third-order valence-corrected chi connectivity index (χ3v) is 5.14. The topological polar surface area (TPSA) is 97.9 Å². The average molecular weight is 416 g/mol. The molecule has 4 heterocycles. The van der Waals surface area contributed by atoms with E-state index in [-0.39, 0.29) is 46.7 Å². The van der Waals surface area contributed by atoms with Crippen molar-refractivity contribution in [2.45, 2.75) is 31.9 Å². The van der Waals surface area contributed by atoms with Gasteiger partial charge in [-0.3, -0.25) is 9.78 Å². The maximum absolute atomic E-state index is 13.8. The highest BCUT2D eigenvalue weighted by Gasteiger charge is 2.36. The van der Waals surface area contributed by atoms with E-state index in [9.17, 15) is 18.0 Å². The van der Waals surface area contributed by atoms with Gasteiger partial charge in [0.1, 0.15) is 17.3 Å². The number of fused-ring (bicyclic) bond motifs is 1.